The smallest absolute Gasteiger partial charge is 0.119 e. The SMILES string of the molecule is CC(C(O)c1ccc(OCc2ccccc2)cc1)N1CCN(C(c2ccccc2)c2ccccc2)CC1.Cl.Cl. The Bertz CT molecular complexity index is 1180. The molecule has 0 saturated carbocycles. The van der Waals surface area contributed by atoms with Crippen LogP contribution in [0, 0.1) is 0 Å². The summed E-state index contributed by atoms with van der Waals surface area (Å²) >= 11 is 0. The molecule has 0 bridgehead atoms. The average Bonchev–Trinajstić information content (AvgIpc) is 2.98. The molecule has 1 aliphatic rings. The van der Waals surface area contributed by atoms with E-state index < -0.39 is 6.10 Å². The van der Waals surface area contributed by atoms with Gasteiger partial charge in [0.15, 0.2) is 0 Å². The van der Waals surface area contributed by atoms with Gasteiger partial charge in [-0.05, 0) is 41.3 Å². The minimum absolute atomic E-state index is 0. The highest BCUT2D eigenvalue weighted by molar-refractivity contribution is 5.85. The summed E-state index contributed by atoms with van der Waals surface area (Å²) in [6.07, 6.45) is -0.547. The van der Waals surface area contributed by atoms with Crippen LogP contribution in [0.2, 0.25) is 0 Å². The number of ether oxygens (including phenoxy) is 1. The molecule has 4 aromatic carbocycles. The number of hydrogen-bond acceptors (Lipinski definition) is 4. The Kier molecular flexibility index (Phi) is 11.9. The molecule has 1 saturated heterocycles. The van der Waals surface area contributed by atoms with Crippen molar-refractivity contribution in [3.8, 4) is 5.75 Å². The third-order valence-electron chi connectivity index (χ3n) is 7.45. The van der Waals surface area contributed by atoms with Gasteiger partial charge < -0.3 is 9.84 Å². The maximum atomic E-state index is 11.2. The number of piperazine rings is 1. The van der Waals surface area contributed by atoms with Crippen LogP contribution in [0.1, 0.15) is 41.3 Å². The lowest BCUT2D eigenvalue weighted by Gasteiger charge is -2.43. The average molecular weight is 566 g/mol. The normalized spacial score (nSPS) is 15.6. The zero-order valence-corrected chi connectivity index (χ0v) is 23.9. The second-order valence-electron chi connectivity index (χ2n) is 9.82. The molecule has 4 nitrogen and oxygen atoms in total. The summed E-state index contributed by atoms with van der Waals surface area (Å²) in [6, 6.07) is 39.9. The molecule has 0 aliphatic carbocycles. The Morgan fingerprint density at radius 3 is 1.59 bits per heavy atom. The van der Waals surface area contributed by atoms with E-state index in [9.17, 15) is 5.11 Å². The fourth-order valence-electron chi connectivity index (χ4n) is 5.27. The van der Waals surface area contributed by atoms with E-state index in [1.165, 1.54) is 11.1 Å². The summed E-state index contributed by atoms with van der Waals surface area (Å²) in [5.74, 6) is 0.814. The number of hydrogen-bond donors (Lipinski definition) is 1. The first kappa shape index (κ1) is 30.7. The molecule has 6 heteroatoms. The van der Waals surface area contributed by atoms with Crippen molar-refractivity contribution >= 4 is 24.8 Å². The van der Waals surface area contributed by atoms with Gasteiger partial charge in [-0.15, -0.1) is 24.8 Å². The van der Waals surface area contributed by atoms with E-state index in [2.05, 4.69) is 89.5 Å². The van der Waals surface area contributed by atoms with Gasteiger partial charge in [0.05, 0.1) is 12.1 Å². The molecule has 0 aromatic heterocycles. The minimum Gasteiger partial charge on any atom is -0.489 e. The molecule has 0 radical (unpaired) electrons. The maximum Gasteiger partial charge on any atom is 0.119 e. The highest BCUT2D eigenvalue weighted by Crippen LogP contribution is 2.31. The molecule has 0 spiro atoms. The van der Waals surface area contributed by atoms with Crippen molar-refractivity contribution in [3.05, 3.63) is 138 Å². The monoisotopic (exact) mass is 564 g/mol. The predicted molar refractivity (Wildman–Crippen MR) is 164 cm³/mol. The first-order valence-electron chi connectivity index (χ1n) is 13.2. The molecule has 206 valence electrons. The van der Waals surface area contributed by atoms with Crippen LogP contribution >= 0.6 is 24.8 Å². The van der Waals surface area contributed by atoms with Crippen molar-refractivity contribution in [1.82, 2.24) is 9.80 Å². The van der Waals surface area contributed by atoms with Crippen LogP contribution < -0.4 is 4.74 Å². The first-order chi connectivity index (χ1) is 18.2. The lowest BCUT2D eigenvalue weighted by Crippen LogP contribution is -2.51. The molecule has 2 atom stereocenters. The van der Waals surface area contributed by atoms with Crippen LogP contribution in [0.25, 0.3) is 0 Å². The Balaban J connectivity index is 0.00000210. The molecule has 2 unspecified atom stereocenters. The Labute approximate surface area is 245 Å². The highest BCUT2D eigenvalue weighted by atomic mass is 35.5. The van der Waals surface area contributed by atoms with Gasteiger partial charge in [0.2, 0.25) is 0 Å². The molecule has 1 heterocycles. The quantitative estimate of drug-likeness (QED) is 0.239. The summed E-state index contributed by atoms with van der Waals surface area (Å²) in [7, 11) is 0. The summed E-state index contributed by atoms with van der Waals surface area (Å²) in [4.78, 5) is 4.98. The van der Waals surface area contributed by atoms with Crippen LogP contribution in [0.15, 0.2) is 115 Å². The summed E-state index contributed by atoms with van der Waals surface area (Å²) < 4.78 is 5.91. The fraction of sp³-hybridized carbons (Fsp3) is 0.273. The summed E-state index contributed by atoms with van der Waals surface area (Å²) in [5, 5.41) is 11.2. The molecule has 1 N–H and O–H groups in total. The van der Waals surface area contributed by atoms with Gasteiger partial charge in [0, 0.05) is 32.2 Å². The summed E-state index contributed by atoms with van der Waals surface area (Å²) in [5.41, 5.74) is 4.71. The van der Waals surface area contributed by atoms with Crippen LogP contribution in [0.4, 0.5) is 0 Å². The molecule has 1 fully saturated rings. The maximum absolute atomic E-state index is 11.2. The van der Waals surface area contributed by atoms with Crippen LogP contribution in [0.3, 0.4) is 0 Å². The fourth-order valence-corrected chi connectivity index (χ4v) is 5.27. The minimum atomic E-state index is -0.547. The molecule has 1 aliphatic heterocycles. The third-order valence-corrected chi connectivity index (χ3v) is 7.45. The van der Waals surface area contributed by atoms with Crippen molar-refractivity contribution in [3.63, 3.8) is 0 Å². The van der Waals surface area contributed by atoms with Gasteiger partial charge in [0.25, 0.3) is 0 Å². The molecular formula is C33H38Cl2N2O2. The molecular weight excluding hydrogens is 527 g/mol. The van der Waals surface area contributed by atoms with Crippen molar-refractivity contribution in [2.75, 3.05) is 26.2 Å². The standard InChI is InChI=1S/C33H36N2O2.2ClH/c1-26(33(36)30-17-19-31(20-18-30)37-25-27-11-5-2-6-12-27)34-21-23-35(24-22-34)32(28-13-7-3-8-14-28)29-15-9-4-10-16-29;;/h2-20,26,32-33,36H,21-25H2,1H3;2*1H. The number of nitrogens with zero attached hydrogens (tertiary/aromatic N) is 2. The van der Waals surface area contributed by atoms with E-state index in [1.54, 1.807) is 0 Å². The predicted octanol–water partition coefficient (Wildman–Crippen LogP) is 6.94. The first-order valence-corrected chi connectivity index (χ1v) is 13.2. The highest BCUT2D eigenvalue weighted by Gasteiger charge is 2.30. The summed E-state index contributed by atoms with van der Waals surface area (Å²) in [6.45, 7) is 6.43. The number of benzene rings is 4. The van der Waals surface area contributed by atoms with Crippen LogP contribution in [-0.4, -0.2) is 47.1 Å². The van der Waals surface area contributed by atoms with E-state index in [1.807, 2.05) is 42.5 Å². The zero-order chi connectivity index (χ0) is 25.5. The van der Waals surface area contributed by atoms with Gasteiger partial charge in [-0.1, -0.05) is 103 Å². The van der Waals surface area contributed by atoms with Crippen LogP contribution in [0.5, 0.6) is 5.75 Å². The van der Waals surface area contributed by atoms with Crippen molar-refractivity contribution in [2.45, 2.75) is 31.7 Å². The Hall–Kier alpha value is -2.86. The lowest BCUT2D eigenvalue weighted by molar-refractivity contribution is 0.0195. The van der Waals surface area contributed by atoms with Gasteiger partial charge in [-0.3, -0.25) is 9.80 Å². The molecule has 39 heavy (non-hydrogen) atoms. The van der Waals surface area contributed by atoms with Crippen molar-refractivity contribution in [1.29, 1.82) is 0 Å². The molecule has 0 amide bonds. The van der Waals surface area contributed by atoms with Crippen molar-refractivity contribution < 1.29 is 9.84 Å². The van der Waals surface area contributed by atoms with Crippen LogP contribution in [-0.2, 0) is 6.61 Å². The van der Waals surface area contributed by atoms with E-state index in [0.717, 1.165) is 43.1 Å². The van der Waals surface area contributed by atoms with E-state index >= 15 is 0 Å². The van der Waals surface area contributed by atoms with E-state index in [4.69, 9.17) is 4.74 Å². The number of rotatable bonds is 9. The topological polar surface area (TPSA) is 35.9 Å². The van der Waals surface area contributed by atoms with Gasteiger partial charge in [0.1, 0.15) is 12.4 Å². The van der Waals surface area contributed by atoms with E-state index in [0.29, 0.717) is 6.61 Å². The van der Waals surface area contributed by atoms with Gasteiger partial charge >= 0.3 is 0 Å². The van der Waals surface area contributed by atoms with E-state index in [-0.39, 0.29) is 36.9 Å². The van der Waals surface area contributed by atoms with Crippen molar-refractivity contribution in [2.24, 2.45) is 0 Å². The Morgan fingerprint density at radius 2 is 1.08 bits per heavy atom. The van der Waals surface area contributed by atoms with Gasteiger partial charge in [-0.25, -0.2) is 0 Å². The number of aliphatic hydroxyl groups excluding tert-OH is 1. The molecule has 5 rings (SSSR count). The number of halogens is 2. The second kappa shape index (κ2) is 15.1. The zero-order valence-electron chi connectivity index (χ0n) is 22.3. The number of aliphatic hydroxyl groups is 1. The second-order valence-corrected chi connectivity index (χ2v) is 9.82. The van der Waals surface area contributed by atoms with Gasteiger partial charge in [-0.2, -0.15) is 0 Å². The Morgan fingerprint density at radius 1 is 0.615 bits per heavy atom. The largest absolute Gasteiger partial charge is 0.489 e. The molecule has 4 aromatic rings. The third kappa shape index (κ3) is 7.84. The lowest BCUT2D eigenvalue weighted by atomic mass is 9.96.